The molecule has 0 saturated heterocycles. The first-order chi connectivity index (χ1) is 22.9. The Balaban J connectivity index is 1.35. The maximum Gasteiger partial charge on any atom is 0.411 e. The predicted molar refractivity (Wildman–Crippen MR) is 183 cm³/mol. The number of anilines is 6. The first-order valence-electron chi connectivity index (χ1n) is 14.5. The molecule has 0 atom stereocenters. The van der Waals surface area contributed by atoms with Crippen LogP contribution in [0, 0.1) is 13.8 Å². The van der Waals surface area contributed by atoms with Crippen molar-refractivity contribution in [3.8, 4) is 0 Å². The average molecular weight is 675 g/mol. The van der Waals surface area contributed by atoms with E-state index in [1.165, 1.54) is 55.6 Å². The highest BCUT2D eigenvalue weighted by molar-refractivity contribution is 7.91. The van der Waals surface area contributed by atoms with E-state index in [0.29, 0.717) is 34.1 Å². The minimum atomic E-state index is -3.92. The summed E-state index contributed by atoms with van der Waals surface area (Å²) in [6.07, 6.45) is -1.27. The van der Waals surface area contributed by atoms with Gasteiger partial charge in [-0.25, -0.2) is 27.6 Å². The number of rotatable bonds is 9. The van der Waals surface area contributed by atoms with Crippen molar-refractivity contribution in [3.05, 3.63) is 96.1 Å². The first kappa shape index (κ1) is 34.8. The zero-order valence-corrected chi connectivity index (χ0v) is 27.3. The second kappa shape index (κ2) is 15.5. The van der Waals surface area contributed by atoms with Crippen molar-refractivity contribution in [2.24, 2.45) is 0 Å². The number of aryl methyl sites for hydroxylation is 2. The second-order valence-corrected chi connectivity index (χ2v) is 12.2. The molecule has 0 radical (unpaired) electrons. The molecule has 0 aliphatic rings. The highest BCUT2D eigenvalue weighted by atomic mass is 32.2. The number of carbonyl (C=O) groups is 4. The summed E-state index contributed by atoms with van der Waals surface area (Å²) in [5.74, 6) is 0. The van der Waals surface area contributed by atoms with E-state index in [4.69, 9.17) is 4.74 Å². The molecule has 15 heteroatoms. The summed E-state index contributed by atoms with van der Waals surface area (Å²) in [5.41, 5.74) is 3.94. The van der Waals surface area contributed by atoms with E-state index < -0.39 is 34.1 Å². The SMILES string of the molecule is CCOC(=O)Nc1ccc(C)c(NC(=O)Nc2ccc(S(=O)(=O)c3ccc(NC(=O)Nc4cc(NC(=O)OC)ccc4C)cc3)cc2)c1. The third-order valence-corrected chi connectivity index (χ3v) is 8.56. The van der Waals surface area contributed by atoms with Gasteiger partial charge in [0.2, 0.25) is 9.84 Å². The van der Waals surface area contributed by atoms with Crippen molar-refractivity contribution < 1.29 is 37.1 Å². The molecule has 0 aromatic heterocycles. The molecule has 0 fully saturated rings. The van der Waals surface area contributed by atoms with Crippen molar-refractivity contribution in [3.63, 3.8) is 0 Å². The normalized spacial score (nSPS) is 10.7. The molecule has 48 heavy (non-hydrogen) atoms. The van der Waals surface area contributed by atoms with Crippen LogP contribution in [0.4, 0.5) is 53.3 Å². The van der Waals surface area contributed by atoms with Crippen LogP contribution in [0.3, 0.4) is 0 Å². The van der Waals surface area contributed by atoms with Gasteiger partial charge >= 0.3 is 24.2 Å². The largest absolute Gasteiger partial charge is 0.453 e. The second-order valence-electron chi connectivity index (χ2n) is 10.2. The molecule has 6 N–H and O–H groups in total. The van der Waals surface area contributed by atoms with Gasteiger partial charge in [-0.05, 0) is 105 Å². The van der Waals surface area contributed by atoms with Crippen LogP contribution in [0.2, 0.25) is 0 Å². The van der Waals surface area contributed by atoms with Gasteiger partial charge in [0.05, 0.1) is 23.5 Å². The van der Waals surface area contributed by atoms with E-state index >= 15 is 0 Å². The molecular formula is C33H34N6O8S. The van der Waals surface area contributed by atoms with E-state index in [-0.39, 0.29) is 16.4 Å². The zero-order chi connectivity index (χ0) is 34.8. The lowest BCUT2D eigenvalue weighted by molar-refractivity contribution is 0.168. The molecule has 4 aromatic carbocycles. The molecule has 0 saturated carbocycles. The summed E-state index contributed by atoms with van der Waals surface area (Å²) in [5, 5.41) is 15.8. The Hall–Kier alpha value is -6.09. The lowest BCUT2D eigenvalue weighted by Crippen LogP contribution is -2.20. The van der Waals surface area contributed by atoms with Crippen molar-refractivity contribution in [2.75, 3.05) is 45.6 Å². The molecule has 0 bridgehead atoms. The quantitative estimate of drug-likeness (QED) is 0.108. The van der Waals surface area contributed by atoms with Gasteiger partial charge in [-0.1, -0.05) is 12.1 Å². The van der Waals surface area contributed by atoms with Crippen molar-refractivity contribution in [1.29, 1.82) is 0 Å². The van der Waals surface area contributed by atoms with Crippen molar-refractivity contribution in [2.45, 2.75) is 30.6 Å². The molecule has 6 amide bonds. The van der Waals surface area contributed by atoms with Gasteiger partial charge in [0.15, 0.2) is 0 Å². The minimum Gasteiger partial charge on any atom is -0.453 e. The van der Waals surface area contributed by atoms with Crippen LogP contribution < -0.4 is 31.9 Å². The lowest BCUT2D eigenvalue weighted by Gasteiger charge is -2.13. The van der Waals surface area contributed by atoms with Crippen LogP contribution in [0.25, 0.3) is 0 Å². The van der Waals surface area contributed by atoms with Crippen LogP contribution in [0.5, 0.6) is 0 Å². The summed E-state index contributed by atoms with van der Waals surface area (Å²) in [7, 11) is -2.68. The van der Waals surface area contributed by atoms with Gasteiger partial charge in [-0.15, -0.1) is 0 Å². The Bertz CT molecular complexity index is 1930. The van der Waals surface area contributed by atoms with Crippen molar-refractivity contribution >= 4 is 68.2 Å². The maximum absolute atomic E-state index is 13.3. The van der Waals surface area contributed by atoms with E-state index in [1.807, 2.05) is 0 Å². The molecule has 0 aliphatic heterocycles. The number of ether oxygens (including phenoxy) is 2. The zero-order valence-electron chi connectivity index (χ0n) is 26.5. The summed E-state index contributed by atoms with van der Waals surface area (Å²) < 4.78 is 36.0. The van der Waals surface area contributed by atoms with Gasteiger partial charge in [-0.2, -0.15) is 0 Å². The third-order valence-electron chi connectivity index (χ3n) is 6.77. The Morgan fingerprint density at radius 2 is 0.958 bits per heavy atom. The van der Waals surface area contributed by atoms with Gasteiger partial charge in [-0.3, -0.25) is 10.6 Å². The summed E-state index contributed by atoms with van der Waals surface area (Å²) in [4.78, 5) is 48.5. The van der Waals surface area contributed by atoms with Crippen molar-refractivity contribution in [1.82, 2.24) is 0 Å². The van der Waals surface area contributed by atoms with E-state index in [1.54, 1.807) is 57.2 Å². The summed E-state index contributed by atoms with van der Waals surface area (Å²) >= 11 is 0. The van der Waals surface area contributed by atoms with E-state index in [0.717, 1.165) is 11.1 Å². The average Bonchev–Trinajstić information content (AvgIpc) is 3.04. The molecule has 0 aliphatic carbocycles. The predicted octanol–water partition coefficient (Wildman–Crippen LogP) is 7.17. The summed E-state index contributed by atoms with van der Waals surface area (Å²) in [6.45, 7) is 5.47. The van der Waals surface area contributed by atoms with E-state index in [9.17, 15) is 27.6 Å². The highest BCUT2D eigenvalue weighted by Crippen LogP contribution is 2.26. The molecule has 14 nitrogen and oxygen atoms in total. The number of hydrogen-bond acceptors (Lipinski definition) is 8. The molecule has 0 spiro atoms. The maximum atomic E-state index is 13.3. The number of hydrogen-bond donors (Lipinski definition) is 6. The fraction of sp³-hybridized carbons (Fsp3) is 0.152. The number of amides is 6. The van der Waals surface area contributed by atoms with Gasteiger partial charge in [0.25, 0.3) is 0 Å². The molecule has 0 unspecified atom stereocenters. The molecule has 0 heterocycles. The number of benzene rings is 4. The number of urea groups is 2. The van der Waals surface area contributed by atoms with Gasteiger partial charge in [0.1, 0.15) is 0 Å². The number of nitrogens with one attached hydrogen (secondary N) is 6. The van der Waals surface area contributed by atoms with Crippen LogP contribution in [0.1, 0.15) is 18.1 Å². The fourth-order valence-corrected chi connectivity index (χ4v) is 5.52. The summed E-state index contributed by atoms with van der Waals surface area (Å²) in [6, 6.07) is 20.1. The third kappa shape index (κ3) is 9.23. The van der Waals surface area contributed by atoms with Gasteiger partial charge < -0.3 is 30.7 Å². The molecular weight excluding hydrogens is 640 g/mol. The van der Waals surface area contributed by atoms with Crippen LogP contribution in [-0.4, -0.2) is 46.4 Å². The molecule has 4 aromatic rings. The van der Waals surface area contributed by atoms with Crippen LogP contribution in [-0.2, 0) is 19.3 Å². The van der Waals surface area contributed by atoms with Crippen LogP contribution in [0.15, 0.2) is 94.7 Å². The smallest absolute Gasteiger partial charge is 0.411 e. The minimum absolute atomic E-state index is 0.00332. The van der Waals surface area contributed by atoms with Gasteiger partial charge in [0, 0.05) is 34.1 Å². The fourth-order valence-electron chi connectivity index (χ4n) is 4.26. The topological polar surface area (TPSA) is 193 Å². The standard InChI is InChI=1S/C33H34N6O8S/c1-5-47-33(43)37-25-9-7-21(3)29(19-25)39-31(41)35-23-12-16-27(17-13-23)48(44,45)26-14-10-22(11-15-26)34-30(40)38-28-18-24(8-6-20(28)2)36-32(42)46-4/h6-19H,5H2,1-4H3,(H,36,42)(H,37,43)(H2,34,38,40)(H2,35,39,41). The monoisotopic (exact) mass is 674 g/mol. The Morgan fingerprint density at radius 3 is 1.35 bits per heavy atom. The Labute approximate surface area is 277 Å². The van der Waals surface area contributed by atoms with Crippen LogP contribution >= 0.6 is 0 Å². The lowest BCUT2D eigenvalue weighted by atomic mass is 10.2. The molecule has 250 valence electrons. The number of sulfone groups is 1. The highest BCUT2D eigenvalue weighted by Gasteiger charge is 2.18. The first-order valence-corrected chi connectivity index (χ1v) is 16.0. The van der Waals surface area contributed by atoms with E-state index in [2.05, 4.69) is 36.6 Å². The Morgan fingerprint density at radius 1 is 0.562 bits per heavy atom. The number of methoxy groups -OCH3 is 1. The molecule has 4 rings (SSSR count). The number of carbonyl (C=O) groups excluding carboxylic acids is 4. The Kier molecular flexibility index (Phi) is 11.2.